The standard InChI is InChI=1S/C27H38N2O5/c1-19(2)12-13-29-25(31)16-27(26(29)32,21-8-10-22(33-3)11-9-21)15-24(30)28(17-20-6-7-20)18-23-5-4-14-34-23/h8-11,19-20,23H,4-7,12-18H2,1-3H3/t23-,27+/m0/s1. The number of hydrogen-bond donors (Lipinski definition) is 0. The highest BCUT2D eigenvalue weighted by Gasteiger charge is 2.54. The molecule has 186 valence electrons. The largest absolute Gasteiger partial charge is 0.497 e. The number of carbonyl (C=O) groups is 3. The molecule has 1 saturated carbocycles. The highest BCUT2D eigenvalue weighted by Crippen LogP contribution is 2.41. The van der Waals surface area contributed by atoms with Gasteiger partial charge >= 0.3 is 0 Å². The van der Waals surface area contributed by atoms with Crippen molar-refractivity contribution >= 4 is 17.7 Å². The van der Waals surface area contributed by atoms with Crippen LogP contribution in [0.25, 0.3) is 0 Å². The van der Waals surface area contributed by atoms with Crippen LogP contribution in [0.15, 0.2) is 24.3 Å². The smallest absolute Gasteiger partial charge is 0.240 e. The lowest BCUT2D eigenvalue weighted by Gasteiger charge is -2.32. The molecule has 0 aromatic heterocycles. The molecule has 3 aliphatic rings. The summed E-state index contributed by atoms with van der Waals surface area (Å²) in [5.74, 6) is 1.07. The van der Waals surface area contributed by atoms with Gasteiger partial charge in [0.2, 0.25) is 17.7 Å². The predicted molar refractivity (Wildman–Crippen MR) is 128 cm³/mol. The van der Waals surface area contributed by atoms with Crippen molar-refractivity contribution < 1.29 is 23.9 Å². The maximum Gasteiger partial charge on any atom is 0.240 e. The molecule has 0 unspecified atom stereocenters. The van der Waals surface area contributed by atoms with Gasteiger partial charge in [-0.2, -0.15) is 0 Å². The molecule has 7 nitrogen and oxygen atoms in total. The molecule has 0 radical (unpaired) electrons. The summed E-state index contributed by atoms with van der Waals surface area (Å²) >= 11 is 0. The van der Waals surface area contributed by atoms with Gasteiger partial charge in [0.15, 0.2) is 0 Å². The maximum absolute atomic E-state index is 13.8. The molecule has 4 rings (SSSR count). The van der Waals surface area contributed by atoms with Crippen LogP contribution in [0.5, 0.6) is 5.75 Å². The average Bonchev–Trinajstić information content (AvgIpc) is 3.42. The number of nitrogens with zero attached hydrogens (tertiary/aromatic N) is 2. The van der Waals surface area contributed by atoms with Crippen molar-refractivity contribution in [3.05, 3.63) is 29.8 Å². The zero-order valence-electron chi connectivity index (χ0n) is 20.8. The van der Waals surface area contributed by atoms with Crippen LogP contribution in [-0.2, 0) is 24.5 Å². The number of likely N-dealkylation sites (tertiary alicyclic amines) is 1. The number of ether oxygens (including phenoxy) is 2. The van der Waals surface area contributed by atoms with Crippen molar-refractivity contribution in [3.63, 3.8) is 0 Å². The van der Waals surface area contributed by atoms with E-state index in [4.69, 9.17) is 9.47 Å². The molecule has 3 amide bonds. The quantitative estimate of drug-likeness (QED) is 0.463. The van der Waals surface area contributed by atoms with Gasteiger partial charge in [-0.05, 0) is 61.6 Å². The zero-order chi connectivity index (χ0) is 24.3. The lowest BCUT2D eigenvalue weighted by molar-refractivity contribution is -0.143. The maximum atomic E-state index is 13.8. The van der Waals surface area contributed by atoms with E-state index < -0.39 is 5.41 Å². The first kappa shape index (κ1) is 24.7. The number of imide groups is 1. The van der Waals surface area contributed by atoms with Crippen LogP contribution in [-0.4, -0.2) is 67.0 Å². The van der Waals surface area contributed by atoms with E-state index in [0.717, 1.165) is 38.7 Å². The minimum Gasteiger partial charge on any atom is -0.497 e. The van der Waals surface area contributed by atoms with E-state index in [0.29, 0.717) is 42.8 Å². The molecule has 2 heterocycles. The molecule has 1 aliphatic carbocycles. The number of carbonyl (C=O) groups excluding carboxylic acids is 3. The highest BCUT2D eigenvalue weighted by atomic mass is 16.5. The van der Waals surface area contributed by atoms with Crippen LogP contribution in [0.4, 0.5) is 0 Å². The monoisotopic (exact) mass is 470 g/mol. The summed E-state index contributed by atoms with van der Waals surface area (Å²) in [5.41, 5.74) is -0.467. The van der Waals surface area contributed by atoms with E-state index >= 15 is 0 Å². The predicted octanol–water partition coefficient (Wildman–Crippen LogP) is 3.55. The van der Waals surface area contributed by atoms with Crippen LogP contribution in [0, 0.1) is 11.8 Å². The van der Waals surface area contributed by atoms with Crippen molar-refractivity contribution in [2.75, 3.05) is 33.4 Å². The first-order valence-electron chi connectivity index (χ1n) is 12.7. The van der Waals surface area contributed by atoms with Gasteiger partial charge in [0.25, 0.3) is 0 Å². The summed E-state index contributed by atoms with van der Waals surface area (Å²) in [6, 6.07) is 7.25. The van der Waals surface area contributed by atoms with Gasteiger partial charge in [0, 0.05) is 39.1 Å². The molecule has 2 atom stereocenters. The zero-order valence-corrected chi connectivity index (χ0v) is 20.8. The Bertz CT molecular complexity index is 889. The Morgan fingerprint density at radius 3 is 2.50 bits per heavy atom. The summed E-state index contributed by atoms with van der Waals surface area (Å²) in [5, 5.41) is 0. The second kappa shape index (κ2) is 10.5. The summed E-state index contributed by atoms with van der Waals surface area (Å²) in [4.78, 5) is 43.9. The minimum absolute atomic E-state index is 0.00151. The average molecular weight is 471 g/mol. The van der Waals surface area contributed by atoms with E-state index in [-0.39, 0.29) is 36.7 Å². The molecular formula is C27H38N2O5. The van der Waals surface area contributed by atoms with Gasteiger partial charge < -0.3 is 14.4 Å². The summed E-state index contributed by atoms with van der Waals surface area (Å²) in [6.07, 6.45) is 5.08. The van der Waals surface area contributed by atoms with Crippen LogP contribution >= 0.6 is 0 Å². The fraction of sp³-hybridized carbons (Fsp3) is 0.667. The fourth-order valence-corrected chi connectivity index (χ4v) is 5.08. The molecule has 1 aromatic carbocycles. The third-order valence-corrected chi connectivity index (χ3v) is 7.41. The number of rotatable bonds is 11. The molecule has 3 fully saturated rings. The Morgan fingerprint density at radius 2 is 1.91 bits per heavy atom. The van der Waals surface area contributed by atoms with Crippen molar-refractivity contribution in [1.29, 1.82) is 0 Å². The lowest BCUT2D eigenvalue weighted by Crippen LogP contribution is -2.46. The first-order chi connectivity index (χ1) is 16.3. The van der Waals surface area contributed by atoms with Crippen molar-refractivity contribution in [1.82, 2.24) is 9.80 Å². The lowest BCUT2D eigenvalue weighted by atomic mass is 9.75. The number of amides is 3. The topological polar surface area (TPSA) is 76.2 Å². The van der Waals surface area contributed by atoms with Gasteiger partial charge in [-0.3, -0.25) is 19.3 Å². The Morgan fingerprint density at radius 1 is 1.18 bits per heavy atom. The first-order valence-corrected chi connectivity index (χ1v) is 12.7. The molecule has 0 spiro atoms. The van der Waals surface area contributed by atoms with Crippen LogP contribution < -0.4 is 4.74 Å². The molecule has 0 bridgehead atoms. The van der Waals surface area contributed by atoms with Crippen LogP contribution in [0.1, 0.15) is 64.4 Å². The molecule has 1 aromatic rings. The molecule has 2 aliphatic heterocycles. The molecule has 34 heavy (non-hydrogen) atoms. The number of hydrogen-bond acceptors (Lipinski definition) is 5. The fourth-order valence-electron chi connectivity index (χ4n) is 5.08. The van der Waals surface area contributed by atoms with E-state index in [1.165, 1.54) is 4.90 Å². The number of benzene rings is 1. The Labute approximate surface area is 202 Å². The van der Waals surface area contributed by atoms with Crippen LogP contribution in [0.2, 0.25) is 0 Å². The van der Waals surface area contributed by atoms with E-state index in [2.05, 4.69) is 13.8 Å². The molecule has 0 N–H and O–H groups in total. The second-order valence-corrected chi connectivity index (χ2v) is 10.6. The van der Waals surface area contributed by atoms with E-state index in [1.54, 1.807) is 19.2 Å². The van der Waals surface area contributed by atoms with Crippen LogP contribution in [0.3, 0.4) is 0 Å². The van der Waals surface area contributed by atoms with E-state index in [1.807, 2.05) is 17.0 Å². The third-order valence-electron chi connectivity index (χ3n) is 7.41. The van der Waals surface area contributed by atoms with E-state index in [9.17, 15) is 14.4 Å². The normalized spacial score (nSPS) is 24.8. The highest BCUT2D eigenvalue weighted by molar-refractivity contribution is 6.10. The molecule has 2 saturated heterocycles. The van der Waals surface area contributed by atoms with Gasteiger partial charge in [0.05, 0.1) is 18.6 Å². The Hall–Kier alpha value is -2.41. The van der Waals surface area contributed by atoms with Gasteiger partial charge in [-0.25, -0.2) is 0 Å². The van der Waals surface area contributed by atoms with Crippen molar-refractivity contribution in [2.24, 2.45) is 11.8 Å². The van der Waals surface area contributed by atoms with Crippen molar-refractivity contribution in [2.45, 2.75) is 70.3 Å². The molecule has 7 heteroatoms. The van der Waals surface area contributed by atoms with Gasteiger partial charge in [-0.1, -0.05) is 26.0 Å². The van der Waals surface area contributed by atoms with Gasteiger partial charge in [-0.15, -0.1) is 0 Å². The third kappa shape index (κ3) is 5.45. The summed E-state index contributed by atoms with van der Waals surface area (Å²) in [7, 11) is 1.59. The summed E-state index contributed by atoms with van der Waals surface area (Å²) in [6.45, 7) is 6.55. The number of methoxy groups -OCH3 is 1. The Kier molecular flexibility index (Phi) is 7.60. The Balaban J connectivity index is 1.61. The van der Waals surface area contributed by atoms with Crippen molar-refractivity contribution in [3.8, 4) is 5.75 Å². The summed E-state index contributed by atoms with van der Waals surface area (Å²) < 4.78 is 11.1. The SMILES string of the molecule is COc1ccc([C@@]2(CC(=O)N(CC3CC3)C[C@@H]3CCCO3)CC(=O)N(CCC(C)C)C2=O)cc1. The molecular weight excluding hydrogens is 432 g/mol. The second-order valence-electron chi connectivity index (χ2n) is 10.6. The van der Waals surface area contributed by atoms with Gasteiger partial charge in [0.1, 0.15) is 5.75 Å². The minimum atomic E-state index is -1.17.